The Morgan fingerprint density at radius 2 is 2.18 bits per heavy atom. The van der Waals surface area contributed by atoms with Crippen molar-refractivity contribution >= 4 is 35.0 Å². The molecule has 0 unspecified atom stereocenters. The lowest BCUT2D eigenvalue weighted by atomic mass is 10.2. The summed E-state index contributed by atoms with van der Waals surface area (Å²) in [5.41, 5.74) is 3.18. The average Bonchev–Trinajstić information content (AvgIpc) is 3.34. The Kier molecular flexibility index (Phi) is 5.54. The van der Waals surface area contributed by atoms with Gasteiger partial charge in [0.05, 0.1) is 5.75 Å². The van der Waals surface area contributed by atoms with E-state index in [0.29, 0.717) is 21.8 Å². The number of aromatic amines is 1. The summed E-state index contributed by atoms with van der Waals surface area (Å²) in [6, 6.07) is 13.5. The number of hydrogen-bond donors (Lipinski definition) is 1. The summed E-state index contributed by atoms with van der Waals surface area (Å²) >= 11 is 7.34. The molecule has 0 spiro atoms. The van der Waals surface area contributed by atoms with Gasteiger partial charge in [-0.05, 0) is 48.7 Å². The van der Waals surface area contributed by atoms with Crippen LogP contribution >= 0.6 is 23.4 Å². The molecule has 0 radical (unpaired) electrons. The van der Waals surface area contributed by atoms with Crippen molar-refractivity contribution in [3.63, 3.8) is 0 Å². The average molecular weight is 415 g/mol. The number of carbonyl (C=O) groups excluding carboxylic acids is 1. The first-order chi connectivity index (χ1) is 13.6. The van der Waals surface area contributed by atoms with Crippen molar-refractivity contribution in [2.75, 3.05) is 17.2 Å². The normalized spacial score (nSPS) is 12.9. The number of para-hydroxylation sites is 1. The molecule has 0 atom stereocenters. The number of ether oxygens (including phenoxy) is 1. The van der Waals surface area contributed by atoms with Gasteiger partial charge in [0.15, 0.2) is 5.82 Å². The maximum absolute atomic E-state index is 12.6. The zero-order chi connectivity index (χ0) is 19.5. The van der Waals surface area contributed by atoms with E-state index in [0.717, 1.165) is 30.0 Å². The topological polar surface area (TPSA) is 71.1 Å². The minimum atomic E-state index is 0.0641. The molecule has 8 heteroatoms. The minimum absolute atomic E-state index is 0.0641. The molecule has 0 fully saturated rings. The highest BCUT2D eigenvalue weighted by atomic mass is 35.5. The Hall–Kier alpha value is -2.51. The SMILES string of the molecule is Cc1cc(OCc2nc(SCC(=O)N3CCc4ccccc43)n[nH]2)ccc1Cl. The highest BCUT2D eigenvalue weighted by Gasteiger charge is 2.24. The molecular formula is C20H19ClN4O2S. The van der Waals surface area contributed by atoms with E-state index in [4.69, 9.17) is 16.3 Å². The number of nitrogens with zero attached hydrogens (tertiary/aromatic N) is 3. The quantitative estimate of drug-likeness (QED) is 0.616. The molecule has 2 aromatic carbocycles. The lowest BCUT2D eigenvalue weighted by Crippen LogP contribution is -2.30. The smallest absolute Gasteiger partial charge is 0.237 e. The molecule has 3 aromatic rings. The number of aryl methyl sites for hydroxylation is 1. The molecule has 6 nitrogen and oxygen atoms in total. The summed E-state index contributed by atoms with van der Waals surface area (Å²) in [6.07, 6.45) is 0.902. The van der Waals surface area contributed by atoms with Crippen molar-refractivity contribution in [1.82, 2.24) is 15.2 Å². The fraction of sp³-hybridized carbons (Fsp3) is 0.250. The number of anilines is 1. The van der Waals surface area contributed by atoms with Crippen LogP contribution in [0.25, 0.3) is 0 Å². The molecule has 2 heterocycles. The van der Waals surface area contributed by atoms with E-state index in [1.165, 1.54) is 17.3 Å². The van der Waals surface area contributed by atoms with Crippen molar-refractivity contribution in [2.45, 2.75) is 25.1 Å². The Morgan fingerprint density at radius 3 is 3.04 bits per heavy atom. The summed E-state index contributed by atoms with van der Waals surface area (Å²) < 4.78 is 5.71. The van der Waals surface area contributed by atoms with Crippen LogP contribution in [0.15, 0.2) is 47.6 Å². The first-order valence-corrected chi connectivity index (χ1v) is 10.3. The van der Waals surface area contributed by atoms with Crippen LogP contribution in [0.5, 0.6) is 5.75 Å². The number of aromatic nitrogens is 3. The van der Waals surface area contributed by atoms with Gasteiger partial charge in [0.25, 0.3) is 0 Å². The van der Waals surface area contributed by atoms with E-state index in [1.807, 2.05) is 42.2 Å². The molecule has 1 N–H and O–H groups in total. The van der Waals surface area contributed by atoms with Gasteiger partial charge in [-0.2, -0.15) is 0 Å². The third-order valence-electron chi connectivity index (χ3n) is 4.53. The van der Waals surface area contributed by atoms with Gasteiger partial charge >= 0.3 is 0 Å². The predicted molar refractivity (Wildman–Crippen MR) is 110 cm³/mol. The van der Waals surface area contributed by atoms with Crippen LogP contribution in [-0.2, 0) is 17.8 Å². The molecule has 1 aliphatic heterocycles. The van der Waals surface area contributed by atoms with Gasteiger partial charge in [-0.1, -0.05) is 41.6 Å². The number of rotatable bonds is 6. The van der Waals surface area contributed by atoms with E-state index in [1.54, 1.807) is 6.07 Å². The summed E-state index contributed by atoms with van der Waals surface area (Å²) in [6.45, 7) is 2.92. The van der Waals surface area contributed by atoms with Gasteiger partial charge in [-0.25, -0.2) is 4.98 Å². The van der Waals surface area contributed by atoms with Gasteiger partial charge in [0, 0.05) is 17.3 Å². The van der Waals surface area contributed by atoms with Crippen LogP contribution in [-0.4, -0.2) is 33.4 Å². The van der Waals surface area contributed by atoms with Crippen molar-refractivity contribution in [3.05, 3.63) is 64.4 Å². The Morgan fingerprint density at radius 1 is 1.32 bits per heavy atom. The molecule has 144 valence electrons. The van der Waals surface area contributed by atoms with Crippen molar-refractivity contribution < 1.29 is 9.53 Å². The number of fused-ring (bicyclic) bond motifs is 1. The van der Waals surface area contributed by atoms with Gasteiger partial charge in [-0.3, -0.25) is 9.89 Å². The second kappa shape index (κ2) is 8.24. The zero-order valence-electron chi connectivity index (χ0n) is 15.3. The summed E-state index contributed by atoms with van der Waals surface area (Å²) in [5.74, 6) is 1.68. The third kappa shape index (κ3) is 4.15. The standard InChI is InChI=1S/C20H19ClN4O2S/c1-13-10-15(6-7-16(13)21)27-11-18-22-20(24-23-18)28-12-19(26)25-9-8-14-4-2-3-5-17(14)25/h2-7,10H,8-9,11-12H2,1H3,(H,22,23,24). The molecule has 0 saturated heterocycles. The van der Waals surface area contributed by atoms with E-state index in [2.05, 4.69) is 21.2 Å². The summed E-state index contributed by atoms with van der Waals surface area (Å²) in [4.78, 5) is 18.8. The lowest BCUT2D eigenvalue weighted by molar-refractivity contribution is -0.116. The number of hydrogen-bond acceptors (Lipinski definition) is 5. The van der Waals surface area contributed by atoms with Crippen molar-refractivity contribution in [1.29, 1.82) is 0 Å². The summed E-state index contributed by atoms with van der Waals surface area (Å²) in [7, 11) is 0. The Labute approximate surface area is 172 Å². The van der Waals surface area contributed by atoms with Crippen LogP contribution < -0.4 is 9.64 Å². The predicted octanol–water partition coefficient (Wildman–Crippen LogP) is 4.03. The first-order valence-electron chi connectivity index (χ1n) is 8.91. The van der Waals surface area contributed by atoms with Crippen molar-refractivity contribution in [2.24, 2.45) is 0 Å². The Balaban J connectivity index is 1.30. The number of thioether (sulfide) groups is 1. The van der Waals surface area contributed by atoms with Gasteiger partial charge in [0.1, 0.15) is 12.4 Å². The monoisotopic (exact) mass is 414 g/mol. The number of H-pyrrole nitrogens is 1. The number of benzene rings is 2. The fourth-order valence-corrected chi connectivity index (χ4v) is 3.88. The minimum Gasteiger partial charge on any atom is -0.486 e. The molecule has 28 heavy (non-hydrogen) atoms. The largest absolute Gasteiger partial charge is 0.486 e. The molecular weight excluding hydrogens is 396 g/mol. The zero-order valence-corrected chi connectivity index (χ0v) is 16.9. The fourth-order valence-electron chi connectivity index (χ4n) is 3.07. The lowest BCUT2D eigenvalue weighted by Gasteiger charge is -2.16. The van der Waals surface area contributed by atoms with Crippen LogP contribution in [0.3, 0.4) is 0 Å². The maximum atomic E-state index is 12.6. The molecule has 1 aromatic heterocycles. The molecule has 0 bridgehead atoms. The second-order valence-corrected chi connectivity index (χ2v) is 7.83. The molecule has 1 aliphatic rings. The molecule has 0 saturated carbocycles. The van der Waals surface area contributed by atoms with Crippen LogP contribution in [0, 0.1) is 6.92 Å². The van der Waals surface area contributed by atoms with Gasteiger partial charge < -0.3 is 9.64 Å². The van der Waals surface area contributed by atoms with Crippen molar-refractivity contribution in [3.8, 4) is 5.75 Å². The highest BCUT2D eigenvalue weighted by molar-refractivity contribution is 7.99. The van der Waals surface area contributed by atoms with E-state index < -0.39 is 0 Å². The number of amides is 1. The Bertz CT molecular complexity index is 1010. The van der Waals surface area contributed by atoms with E-state index in [9.17, 15) is 4.79 Å². The highest BCUT2D eigenvalue weighted by Crippen LogP contribution is 2.28. The van der Waals surface area contributed by atoms with Crippen LogP contribution in [0.4, 0.5) is 5.69 Å². The van der Waals surface area contributed by atoms with E-state index >= 15 is 0 Å². The number of halogens is 1. The molecule has 1 amide bonds. The maximum Gasteiger partial charge on any atom is 0.237 e. The van der Waals surface area contributed by atoms with Crippen LogP contribution in [0.1, 0.15) is 17.0 Å². The number of nitrogens with one attached hydrogen (secondary N) is 1. The second-order valence-electron chi connectivity index (χ2n) is 6.48. The number of carbonyl (C=O) groups is 1. The van der Waals surface area contributed by atoms with E-state index in [-0.39, 0.29) is 12.5 Å². The van der Waals surface area contributed by atoms with Gasteiger partial charge in [-0.15, -0.1) is 5.10 Å². The molecule has 4 rings (SSSR count). The third-order valence-corrected chi connectivity index (χ3v) is 5.79. The summed E-state index contributed by atoms with van der Waals surface area (Å²) in [5, 5.41) is 8.25. The van der Waals surface area contributed by atoms with Crippen LogP contribution in [0.2, 0.25) is 5.02 Å². The van der Waals surface area contributed by atoms with Gasteiger partial charge in [0.2, 0.25) is 11.1 Å². The first kappa shape index (κ1) is 18.8. The molecule has 0 aliphatic carbocycles.